The number of fused-ring (bicyclic) bond motifs is 6. The predicted octanol–water partition coefficient (Wildman–Crippen LogP) is 4.36. The SMILES string of the molecule is N#Cc1ccnc(-c2cccc(N3C4C=CC=CC4C4C=c5c6c(oc5=CC43)C=CCC6)c2)c1. The van der Waals surface area contributed by atoms with Crippen LogP contribution >= 0.6 is 0 Å². The number of hydrogen-bond acceptors (Lipinski definition) is 4. The molecule has 7 rings (SSSR count). The van der Waals surface area contributed by atoms with Crippen LogP contribution in [0.4, 0.5) is 5.69 Å². The number of nitrogens with zero attached hydrogens (tertiary/aromatic N) is 3. The Hall–Kier alpha value is -4.10. The van der Waals surface area contributed by atoms with Crippen LogP contribution in [0.15, 0.2) is 77.4 Å². The molecular weight excluding hydrogens is 418 g/mol. The van der Waals surface area contributed by atoms with Gasteiger partial charge in [-0.1, -0.05) is 48.6 Å². The molecule has 1 fully saturated rings. The standard InChI is InChI=1S/C30H23N3O/c31-18-19-12-13-32-26(14-19)20-6-5-7-21(15-20)33-27-10-3-1-8-22(27)24-16-25-23-9-2-4-11-29(23)34-30(25)17-28(24)33/h1,3-8,10-17,22,24,27-28H,2,9H2. The summed E-state index contributed by atoms with van der Waals surface area (Å²) in [6, 6.07) is 14.8. The number of aromatic nitrogens is 1. The van der Waals surface area contributed by atoms with Gasteiger partial charge >= 0.3 is 0 Å². The summed E-state index contributed by atoms with van der Waals surface area (Å²) < 4.78 is 6.32. The summed E-state index contributed by atoms with van der Waals surface area (Å²) in [5.74, 6) is 1.82. The number of anilines is 1. The van der Waals surface area contributed by atoms with Crippen molar-refractivity contribution in [3.63, 3.8) is 0 Å². The van der Waals surface area contributed by atoms with Crippen LogP contribution in [0.3, 0.4) is 0 Å². The highest BCUT2D eigenvalue weighted by molar-refractivity contribution is 5.71. The first-order chi connectivity index (χ1) is 16.8. The summed E-state index contributed by atoms with van der Waals surface area (Å²) in [4.78, 5) is 7.06. The highest BCUT2D eigenvalue weighted by Crippen LogP contribution is 2.44. The topological polar surface area (TPSA) is 53.1 Å². The first-order valence-corrected chi connectivity index (χ1v) is 11.9. The van der Waals surface area contributed by atoms with Gasteiger partial charge in [0.2, 0.25) is 0 Å². The third-order valence-electron chi connectivity index (χ3n) is 7.58. The van der Waals surface area contributed by atoms with Crippen LogP contribution < -0.4 is 15.5 Å². The van der Waals surface area contributed by atoms with E-state index in [0.717, 1.165) is 41.0 Å². The molecular formula is C30H23N3O. The van der Waals surface area contributed by atoms with E-state index in [9.17, 15) is 5.26 Å². The van der Waals surface area contributed by atoms with Gasteiger partial charge in [-0.15, -0.1) is 0 Å². The normalized spacial score (nSPS) is 25.4. The fourth-order valence-electron chi connectivity index (χ4n) is 6.07. The molecule has 0 saturated carbocycles. The maximum absolute atomic E-state index is 9.32. The molecule has 2 aromatic heterocycles. The summed E-state index contributed by atoms with van der Waals surface area (Å²) in [7, 11) is 0. The van der Waals surface area contributed by atoms with Gasteiger partial charge in [0.1, 0.15) is 11.2 Å². The minimum Gasteiger partial charge on any atom is -0.457 e. The van der Waals surface area contributed by atoms with Crippen molar-refractivity contribution in [2.24, 2.45) is 11.8 Å². The molecule has 0 N–H and O–H groups in total. The van der Waals surface area contributed by atoms with Gasteiger partial charge in [-0.2, -0.15) is 5.26 Å². The molecule has 3 heterocycles. The minimum absolute atomic E-state index is 0.208. The molecule has 1 aromatic carbocycles. The second-order valence-corrected chi connectivity index (χ2v) is 9.40. The Bertz CT molecular complexity index is 1560. The van der Waals surface area contributed by atoms with Crippen molar-refractivity contribution >= 4 is 23.9 Å². The Morgan fingerprint density at radius 3 is 2.91 bits per heavy atom. The summed E-state index contributed by atoms with van der Waals surface area (Å²) in [5, 5.41) is 10.6. The van der Waals surface area contributed by atoms with Crippen molar-refractivity contribution in [2.45, 2.75) is 24.9 Å². The van der Waals surface area contributed by atoms with E-state index in [-0.39, 0.29) is 12.1 Å². The highest BCUT2D eigenvalue weighted by Gasteiger charge is 2.46. The van der Waals surface area contributed by atoms with Gasteiger partial charge in [-0.05, 0) is 49.3 Å². The molecule has 4 nitrogen and oxygen atoms in total. The number of allylic oxidation sites excluding steroid dienone is 3. The number of hydrogen-bond donors (Lipinski definition) is 0. The Balaban J connectivity index is 1.36. The van der Waals surface area contributed by atoms with Crippen molar-refractivity contribution in [1.82, 2.24) is 4.98 Å². The van der Waals surface area contributed by atoms with E-state index in [4.69, 9.17) is 4.42 Å². The first kappa shape index (κ1) is 19.4. The molecule has 34 heavy (non-hydrogen) atoms. The van der Waals surface area contributed by atoms with E-state index in [1.165, 1.54) is 10.8 Å². The van der Waals surface area contributed by atoms with Gasteiger partial charge in [-0.3, -0.25) is 4.98 Å². The number of furan rings is 1. The average Bonchev–Trinajstić information content (AvgIpc) is 3.42. The molecule has 0 spiro atoms. The van der Waals surface area contributed by atoms with Gasteiger partial charge in [0.05, 0.1) is 29.4 Å². The molecule has 3 aromatic rings. The zero-order valence-corrected chi connectivity index (χ0v) is 18.6. The van der Waals surface area contributed by atoms with E-state index in [0.29, 0.717) is 17.4 Å². The number of pyridine rings is 1. The number of nitriles is 1. The Labute approximate surface area is 198 Å². The average molecular weight is 442 g/mol. The fraction of sp³-hybridized carbons (Fsp3) is 0.200. The lowest BCUT2D eigenvalue weighted by Gasteiger charge is -2.32. The zero-order valence-electron chi connectivity index (χ0n) is 18.6. The lowest BCUT2D eigenvalue weighted by Crippen LogP contribution is -2.41. The molecule has 164 valence electrons. The summed E-state index contributed by atoms with van der Waals surface area (Å²) in [5.41, 5.74) is 5.99. The summed E-state index contributed by atoms with van der Waals surface area (Å²) in [6.45, 7) is 0. The molecule has 4 unspecified atom stereocenters. The molecule has 1 saturated heterocycles. The molecule has 0 bridgehead atoms. The molecule has 4 atom stereocenters. The van der Waals surface area contributed by atoms with Gasteiger partial charge in [0.15, 0.2) is 0 Å². The second kappa shape index (κ2) is 7.46. The summed E-state index contributed by atoms with van der Waals surface area (Å²) in [6.07, 6.45) is 22.0. The lowest BCUT2D eigenvalue weighted by molar-refractivity contribution is 0.504. The number of benzene rings is 1. The van der Waals surface area contributed by atoms with Crippen molar-refractivity contribution in [2.75, 3.05) is 4.90 Å². The van der Waals surface area contributed by atoms with Crippen LogP contribution in [0.5, 0.6) is 0 Å². The lowest BCUT2D eigenvalue weighted by atomic mass is 9.82. The van der Waals surface area contributed by atoms with Crippen molar-refractivity contribution in [3.05, 3.63) is 100 Å². The molecule has 0 amide bonds. The van der Waals surface area contributed by atoms with Crippen LogP contribution in [-0.4, -0.2) is 17.1 Å². The third-order valence-corrected chi connectivity index (χ3v) is 7.58. The Kier molecular flexibility index (Phi) is 4.25. The molecule has 0 radical (unpaired) electrons. The zero-order chi connectivity index (χ0) is 22.6. The summed E-state index contributed by atoms with van der Waals surface area (Å²) >= 11 is 0. The van der Waals surface area contributed by atoms with E-state index >= 15 is 0 Å². The largest absolute Gasteiger partial charge is 0.457 e. The molecule has 4 aliphatic rings. The highest BCUT2D eigenvalue weighted by atomic mass is 16.3. The number of rotatable bonds is 2. The maximum Gasteiger partial charge on any atom is 0.132 e. The van der Waals surface area contributed by atoms with Crippen molar-refractivity contribution < 1.29 is 4.42 Å². The van der Waals surface area contributed by atoms with E-state index in [1.54, 1.807) is 12.3 Å². The van der Waals surface area contributed by atoms with Gasteiger partial charge < -0.3 is 9.32 Å². The second-order valence-electron chi connectivity index (χ2n) is 9.40. The quantitative estimate of drug-likeness (QED) is 0.593. The fourth-order valence-corrected chi connectivity index (χ4v) is 6.07. The van der Waals surface area contributed by atoms with E-state index in [2.05, 4.69) is 88.8 Å². The van der Waals surface area contributed by atoms with Crippen molar-refractivity contribution in [1.29, 1.82) is 5.26 Å². The van der Waals surface area contributed by atoms with Crippen LogP contribution in [0.2, 0.25) is 0 Å². The smallest absolute Gasteiger partial charge is 0.132 e. The van der Waals surface area contributed by atoms with Crippen molar-refractivity contribution in [3.8, 4) is 17.3 Å². The van der Waals surface area contributed by atoms with E-state index in [1.807, 2.05) is 6.07 Å². The molecule has 1 aliphatic heterocycles. The van der Waals surface area contributed by atoms with Crippen LogP contribution in [0, 0.1) is 23.2 Å². The molecule has 3 aliphatic carbocycles. The molecule has 4 heteroatoms. The van der Waals surface area contributed by atoms with E-state index < -0.39 is 0 Å². The van der Waals surface area contributed by atoms with Crippen LogP contribution in [-0.2, 0) is 6.42 Å². The van der Waals surface area contributed by atoms with Gasteiger partial charge in [0, 0.05) is 40.1 Å². The van der Waals surface area contributed by atoms with Crippen LogP contribution in [0.25, 0.3) is 29.5 Å². The Morgan fingerprint density at radius 2 is 1.97 bits per heavy atom. The maximum atomic E-state index is 9.32. The van der Waals surface area contributed by atoms with Crippen LogP contribution in [0.1, 0.15) is 23.3 Å². The van der Waals surface area contributed by atoms with Gasteiger partial charge in [-0.25, -0.2) is 0 Å². The Morgan fingerprint density at radius 1 is 1.03 bits per heavy atom. The predicted molar refractivity (Wildman–Crippen MR) is 134 cm³/mol. The minimum atomic E-state index is 0.208. The third kappa shape index (κ3) is 2.87. The monoisotopic (exact) mass is 441 g/mol. The van der Waals surface area contributed by atoms with Gasteiger partial charge in [0.25, 0.3) is 0 Å². The first-order valence-electron chi connectivity index (χ1n) is 11.9.